The van der Waals surface area contributed by atoms with Crippen LogP contribution in [0.5, 0.6) is 0 Å². The maximum absolute atomic E-state index is 11.1. The molecule has 6 heteroatoms. The first-order valence-corrected chi connectivity index (χ1v) is 5.69. The van der Waals surface area contributed by atoms with Crippen LogP contribution >= 0.6 is 0 Å². The molecule has 0 saturated carbocycles. The van der Waals surface area contributed by atoms with Gasteiger partial charge in [0.25, 0.3) is 0 Å². The van der Waals surface area contributed by atoms with Crippen molar-refractivity contribution in [3.05, 3.63) is 0 Å². The first-order valence-electron chi connectivity index (χ1n) is 3.85. The molecule has 1 amide bonds. The molecule has 0 bridgehead atoms. The molecule has 0 radical (unpaired) electrons. The molecule has 0 aromatic rings. The molecule has 5 nitrogen and oxygen atoms in total. The molecule has 1 aliphatic heterocycles. The summed E-state index contributed by atoms with van der Waals surface area (Å²) in [5.74, 6) is -0.586. The first-order chi connectivity index (χ1) is 6.13. The average Bonchev–Trinajstić information content (AvgIpc) is 2.30. The summed E-state index contributed by atoms with van der Waals surface area (Å²) >= 11 is -0.232. The van der Waals surface area contributed by atoms with Gasteiger partial charge in [-0.1, -0.05) is 0 Å². The number of carbonyl (C=O) groups excluding carboxylic acids is 2. The summed E-state index contributed by atoms with van der Waals surface area (Å²) in [5.41, 5.74) is 0. The van der Waals surface area contributed by atoms with E-state index in [2.05, 4.69) is 5.32 Å². The van der Waals surface area contributed by atoms with Crippen LogP contribution in [0, 0.1) is 5.41 Å². The van der Waals surface area contributed by atoms with Crippen molar-refractivity contribution in [2.75, 3.05) is 6.61 Å². The zero-order valence-electron chi connectivity index (χ0n) is 7.12. The van der Waals surface area contributed by atoms with Crippen LogP contribution in [-0.2, 0) is 14.3 Å². The predicted molar refractivity (Wildman–Crippen MR) is 46.6 cm³/mol. The van der Waals surface area contributed by atoms with E-state index in [4.69, 9.17) is 10.1 Å². The number of ether oxygens (including phenoxy) is 1. The number of hydrogen-bond acceptors (Lipinski definition) is 4. The van der Waals surface area contributed by atoms with Crippen LogP contribution in [0.1, 0.15) is 13.3 Å². The van der Waals surface area contributed by atoms with Gasteiger partial charge in [0.2, 0.25) is 0 Å². The van der Waals surface area contributed by atoms with Gasteiger partial charge in [-0.2, -0.15) is 0 Å². The zero-order chi connectivity index (χ0) is 9.84. The van der Waals surface area contributed by atoms with Crippen molar-refractivity contribution < 1.29 is 14.3 Å². The van der Waals surface area contributed by atoms with Crippen molar-refractivity contribution in [3.63, 3.8) is 0 Å². The molecule has 0 aliphatic carbocycles. The predicted octanol–water partition coefficient (Wildman–Crippen LogP) is -0.503. The van der Waals surface area contributed by atoms with Crippen LogP contribution < -0.4 is 5.32 Å². The second kappa shape index (κ2) is 4.39. The van der Waals surface area contributed by atoms with Crippen LogP contribution in [-0.4, -0.2) is 38.2 Å². The Hall–Kier alpha value is -0.871. The van der Waals surface area contributed by atoms with E-state index in [-0.39, 0.29) is 42.8 Å². The fourth-order valence-electron chi connectivity index (χ4n) is 0.923. The summed E-state index contributed by atoms with van der Waals surface area (Å²) in [6, 6.07) is 0. The number of carbonyl (C=O) groups is 2. The van der Waals surface area contributed by atoms with Gasteiger partial charge in [0, 0.05) is 0 Å². The number of amidine groups is 1. The monoisotopic (exact) mass is 250 g/mol. The zero-order valence-corrected chi connectivity index (χ0v) is 8.84. The van der Waals surface area contributed by atoms with Gasteiger partial charge < -0.3 is 0 Å². The molecule has 13 heavy (non-hydrogen) atoms. The number of nitrogens with one attached hydrogen (secondary N) is 2. The minimum atomic E-state index is -0.362. The standard InChI is InChI=1S/C7H10N2O3Se/c1-2-12-5(10)3-4-6(11)9-7(8)13-4/h4H,2-3H2,1H3,(H2,8,9,11). The Kier molecular flexibility index (Phi) is 3.45. The molecule has 1 fully saturated rings. The molecule has 2 N–H and O–H groups in total. The maximum atomic E-state index is 11.1. The van der Waals surface area contributed by atoms with Gasteiger partial charge in [0.15, 0.2) is 0 Å². The van der Waals surface area contributed by atoms with E-state index in [0.29, 0.717) is 6.61 Å². The molecule has 0 spiro atoms. The van der Waals surface area contributed by atoms with Crippen LogP contribution in [0.25, 0.3) is 0 Å². The van der Waals surface area contributed by atoms with Crippen molar-refractivity contribution in [1.82, 2.24) is 5.32 Å². The second-order valence-electron chi connectivity index (χ2n) is 2.43. The Morgan fingerprint density at radius 3 is 2.92 bits per heavy atom. The van der Waals surface area contributed by atoms with Crippen molar-refractivity contribution >= 4 is 31.6 Å². The minimum absolute atomic E-state index is 0.0993. The van der Waals surface area contributed by atoms with E-state index in [0.717, 1.165) is 0 Å². The summed E-state index contributed by atoms with van der Waals surface area (Å²) in [6.07, 6.45) is 0.0993. The van der Waals surface area contributed by atoms with Crippen LogP contribution in [0.2, 0.25) is 4.82 Å². The molecule has 1 aliphatic rings. The quantitative estimate of drug-likeness (QED) is 0.522. The van der Waals surface area contributed by atoms with Crippen molar-refractivity contribution in [2.24, 2.45) is 0 Å². The fraction of sp³-hybridized carbons (Fsp3) is 0.571. The van der Waals surface area contributed by atoms with Gasteiger partial charge in [0.1, 0.15) is 0 Å². The average molecular weight is 249 g/mol. The van der Waals surface area contributed by atoms with Gasteiger partial charge in [-0.15, -0.1) is 0 Å². The molecular formula is C7H10N2O3Se. The number of amides is 1. The van der Waals surface area contributed by atoms with Gasteiger partial charge in [0.05, 0.1) is 0 Å². The fourth-order valence-corrected chi connectivity index (χ4v) is 2.66. The van der Waals surface area contributed by atoms with E-state index in [9.17, 15) is 9.59 Å². The van der Waals surface area contributed by atoms with Gasteiger partial charge in [-0.05, 0) is 0 Å². The van der Waals surface area contributed by atoms with Crippen LogP contribution in [0.4, 0.5) is 0 Å². The Labute approximate surface area is 81.9 Å². The molecule has 1 heterocycles. The third kappa shape index (κ3) is 2.82. The normalized spacial score (nSPS) is 21.5. The van der Waals surface area contributed by atoms with Gasteiger partial charge in [-0.3, -0.25) is 0 Å². The first kappa shape index (κ1) is 10.2. The van der Waals surface area contributed by atoms with E-state index in [1.807, 2.05) is 0 Å². The number of rotatable bonds is 3. The molecule has 1 unspecified atom stereocenters. The van der Waals surface area contributed by atoms with Crippen molar-refractivity contribution in [2.45, 2.75) is 18.2 Å². The van der Waals surface area contributed by atoms with Gasteiger partial charge >= 0.3 is 81.4 Å². The topological polar surface area (TPSA) is 79.2 Å². The third-order valence-corrected chi connectivity index (χ3v) is 3.55. The molecular weight excluding hydrogens is 239 g/mol. The van der Waals surface area contributed by atoms with E-state index >= 15 is 0 Å². The summed E-state index contributed by atoms with van der Waals surface area (Å²) in [7, 11) is 0. The second-order valence-corrected chi connectivity index (χ2v) is 4.98. The molecule has 1 rings (SSSR count). The summed E-state index contributed by atoms with van der Waals surface area (Å²) in [6.45, 7) is 2.05. The van der Waals surface area contributed by atoms with Gasteiger partial charge in [-0.25, -0.2) is 0 Å². The Bertz CT molecular complexity index is 254. The third-order valence-electron chi connectivity index (χ3n) is 1.45. The van der Waals surface area contributed by atoms with Crippen LogP contribution in [0.15, 0.2) is 0 Å². The molecule has 72 valence electrons. The SMILES string of the molecule is CCOC(=O)CC1[Se]C(=N)NC1=O. The van der Waals surface area contributed by atoms with E-state index < -0.39 is 0 Å². The Morgan fingerprint density at radius 2 is 2.46 bits per heavy atom. The summed E-state index contributed by atoms with van der Waals surface area (Å²) in [4.78, 5) is 21.7. The molecule has 0 aromatic heterocycles. The molecule has 1 saturated heterocycles. The van der Waals surface area contributed by atoms with Crippen molar-refractivity contribution in [3.8, 4) is 0 Å². The van der Waals surface area contributed by atoms with Crippen LogP contribution in [0.3, 0.4) is 0 Å². The Morgan fingerprint density at radius 1 is 1.77 bits per heavy atom. The Balaban J connectivity index is 2.41. The molecule has 1 atom stereocenters. The summed E-state index contributed by atoms with van der Waals surface area (Å²) < 4.78 is 4.95. The van der Waals surface area contributed by atoms with E-state index in [1.165, 1.54) is 0 Å². The number of esters is 1. The molecule has 0 aromatic carbocycles. The van der Waals surface area contributed by atoms with Crippen molar-refractivity contribution in [1.29, 1.82) is 5.41 Å². The summed E-state index contributed by atoms with van der Waals surface area (Å²) in [5, 5.41) is 9.58. The number of hydrogen-bond donors (Lipinski definition) is 2. The van der Waals surface area contributed by atoms with E-state index in [1.54, 1.807) is 6.92 Å².